The van der Waals surface area contributed by atoms with Crippen molar-refractivity contribution in [3.05, 3.63) is 18.2 Å². The number of carbonyl (C=O) groups excluding carboxylic acids is 1. The van der Waals surface area contributed by atoms with Gasteiger partial charge in [-0.2, -0.15) is 0 Å². The molecule has 1 aromatic carbocycles. The molecule has 0 fully saturated rings. The van der Waals surface area contributed by atoms with Crippen LogP contribution in [0.4, 0.5) is 0 Å². The maximum absolute atomic E-state index is 10.4. The van der Waals surface area contributed by atoms with Gasteiger partial charge in [-0.15, -0.1) is 0 Å². The summed E-state index contributed by atoms with van der Waals surface area (Å²) in [5.41, 5.74) is 0. The molecule has 1 aliphatic rings. The Morgan fingerprint density at radius 3 is 1.91 bits per heavy atom. The van der Waals surface area contributed by atoms with Crippen molar-refractivity contribution in [2.75, 3.05) is 52.9 Å². The van der Waals surface area contributed by atoms with Gasteiger partial charge in [-0.05, 0) is 12.1 Å². The summed E-state index contributed by atoms with van der Waals surface area (Å²) in [5, 5.41) is 0. The predicted molar refractivity (Wildman–Crippen MR) is 76.6 cm³/mol. The summed E-state index contributed by atoms with van der Waals surface area (Å²) in [4.78, 5) is 10.4. The van der Waals surface area contributed by atoms with Gasteiger partial charge in [0.1, 0.15) is 19.0 Å². The van der Waals surface area contributed by atoms with Gasteiger partial charge in [0.15, 0.2) is 11.5 Å². The zero-order chi connectivity index (χ0) is 15.5. The molecule has 0 bridgehead atoms. The fraction of sp³-hybridized carbons (Fsp3) is 0.533. The summed E-state index contributed by atoms with van der Waals surface area (Å²) in [6.45, 7) is 4.06. The van der Waals surface area contributed by atoms with Gasteiger partial charge >= 0.3 is 0 Å². The SMILES string of the molecule is O=COc1ccc2c(c1)OCCOCCOCCOCCO2. The molecule has 122 valence electrons. The van der Waals surface area contributed by atoms with Crippen molar-refractivity contribution in [3.63, 3.8) is 0 Å². The van der Waals surface area contributed by atoms with E-state index in [4.69, 9.17) is 28.4 Å². The van der Waals surface area contributed by atoms with Crippen molar-refractivity contribution < 1.29 is 33.2 Å². The molecule has 1 aliphatic heterocycles. The molecule has 0 radical (unpaired) electrons. The maximum Gasteiger partial charge on any atom is 0.298 e. The first-order chi connectivity index (χ1) is 10.9. The van der Waals surface area contributed by atoms with Crippen molar-refractivity contribution in [1.29, 1.82) is 0 Å². The lowest BCUT2D eigenvalue weighted by Gasteiger charge is -2.13. The van der Waals surface area contributed by atoms with Gasteiger partial charge in [-0.1, -0.05) is 0 Å². The summed E-state index contributed by atoms with van der Waals surface area (Å²) < 4.78 is 32.2. The van der Waals surface area contributed by atoms with E-state index < -0.39 is 0 Å². The Hall–Kier alpha value is -1.83. The molecule has 1 heterocycles. The van der Waals surface area contributed by atoms with Crippen LogP contribution in [0.25, 0.3) is 0 Å². The fourth-order valence-electron chi connectivity index (χ4n) is 1.81. The molecule has 0 N–H and O–H groups in total. The highest BCUT2D eigenvalue weighted by Gasteiger charge is 2.08. The largest absolute Gasteiger partial charge is 0.487 e. The average molecular weight is 312 g/mol. The van der Waals surface area contributed by atoms with E-state index in [-0.39, 0.29) is 0 Å². The van der Waals surface area contributed by atoms with Gasteiger partial charge < -0.3 is 28.4 Å². The summed E-state index contributed by atoms with van der Waals surface area (Å²) in [7, 11) is 0. The molecule has 7 nitrogen and oxygen atoms in total. The molecule has 0 saturated heterocycles. The number of hydrogen-bond acceptors (Lipinski definition) is 7. The summed E-state index contributed by atoms with van der Waals surface area (Å²) in [6, 6.07) is 4.93. The molecule has 7 heteroatoms. The smallest absolute Gasteiger partial charge is 0.298 e. The van der Waals surface area contributed by atoms with Crippen molar-refractivity contribution in [3.8, 4) is 17.2 Å². The van der Waals surface area contributed by atoms with Crippen LogP contribution < -0.4 is 14.2 Å². The lowest BCUT2D eigenvalue weighted by molar-refractivity contribution is -0.120. The number of carbonyl (C=O) groups is 1. The predicted octanol–water partition coefficient (Wildman–Crippen LogP) is 1.04. The normalized spacial score (nSPS) is 17.8. The zero-order valence-electron chi connectivity index (χ0n) is 12.3. The van der Waals surface area contributed by atoms with Crippen LogP contribution in [0.3, 0.4) is 0 Å². The highest BCUT2D eigenvalue weighted by atomic mass is 16.6. The Bertz CT molecular complexity index is 450. The topological polar surface area (TPSA) is 72.5 Å². The highest BCUT2D eigenvalue weighted by molar-refractivity contribution is 5.51. The second-order valence-corrected chi connectivity index (χ2v) is 4.36. The number of rotatable bonds is 2. The Morgan fingerprint density at radius 2 is 1.32 bits per heavy atom. The van der Waals surface area contributed by atoms with E-state index >= 15 is 0 Å². The van der Waals surface area contributed by atoms with Crippen LogP contribution in [0.2, 0.25) is 0 Å². The van der Waals surface area contributed by atoms with E-state index in [1.54, 1.807) is 18.2 Å². The van der Waals surface area contributed by atoms with E-state index in [2.05, 4.69) is 0 Å². The van der Waals surface area contributed by atoms with Crippen LogP contribution in [-0.4, -0.2) is 59.3 Å². The minimum Gasteiger partial charge on any atom is -0.487 e. The third-order valence-corrected chi connectivity index (χ3v) is 2.81. The summed E-state index contributed by atoms with van der Waals surface area (Å²) in [5.74, 6) is 1.45. The first-order valence-electron chi connectivity index (χ1n) is 7.13. The number of benzene rings is 1. The molecule has 2 rings (SSSR count). The summed E-state index contributed by atoms with van der Waals surface area (Å²) in [6.07, 6.45) is 0. The lowest BCUT2D eigenvalue weighted by atomic mass is 10.3. The van der Waals surface area contributed by atoms with Crippen molar-refractivity contribution in [2.24, 2.45) is 0 Å². The Morgan fingerprint density at radius 1 is 0.773 bits per heavy atom. The highest BCUT2D eigenvalue weighted by Crippen LogP contribution is 2.31. The van der Waals surface area contributed by atoms with Crippen LogP contribution in [0.1, 0.15) is 0 Å². The number of hydrogen-bond donors (Lipinski definition) is 0. The first-order valence-corrected chi connectivity index (χ1v) is 7.13. The molecule has 0 amide bonds. The molecule has 22 heavy (non-hydrogen) atoms. The quantitative estimate of drug-likeness (QED) is 0.756. The second kappa shape index (κ2) is 9.99. The minimum atomic E-state index is 0.359. The average Bonchev–Trinajstić information content (AvgIpc) is 2.54. The standard InChI is InChI=1S/C15H20O7/c16-12-22-13-1-2-14-15(11-13)21-10-8-19-6-4-17-3-5-18-7-9-20-14/h1-2,11-12H,3-10H2. The van der Waals surface area contributed by atoms with Gasteiger partial charge in [0.2, 0.25) is 0 Å². The van der Waals surface area contributed by atoms with Crippen LogP contribution in [0.15, 0.2) is 18.2 Å². The van der Waals surface area contributed by atoms with Crippen molar-refractivity contribution >= 4 is 6.47 Å². The van der Waals surface area contributed by atoms with E-state index in [0.717, 1.165) is 0 Å². The monoisotopic (exact) mass is 312 g/mol. The molecule has 0 aliphatic carbocycles. The Labute approximate surface area is 129 Å². The van der Waals surface area contributed by atoms with Crippen LogP contribution in [0, 0.1) is 0 Å². The molecule has 0 spiro atoms. The van der Waals surface area contributed by atoms with E-state index in [9.17, 15) is 4.79 Å². The molecule has 0 aromatic heterocycles. The summed E-state index contributed by atoms with van der Waals surface area (Å²) >= 11 is 0. The lowest BCUT2D eigenvalue weighted by Crippen LogP contribution is -2.13. The van der Waals surface area contributed by atoms with Crippen LogP contribution in [-0.2, 0) is 19.0 Å². The zero-order valence-corrected chi connectivity index (χ0v) is 12.3. The third kappa shape index (κ3) is 5.88. The van der Waals surface area contributed by atoms with Gasteiger partial charge in [0.05, 0.1) is 39.6 Å². The van der Waals surface area contributed by atoms with Gasteiger partial charge in [-0.25, -0.2) is 0 Å². The number of ether oxygens (including phenoxy) is 6. The van der Waals surface area contributed by atoms with Crippen molar-refractivity contribution in [2.45, 2.75) is 0 Å². The second-order valence-electron chi connectivity index (χ2n) is 4.36. The Kier molecular flexibility index (Phi) is 7.51. The number of fused-ring (bicyclic) bond motifs is 1. The first kappa shape index (κ1) is 16.5. The fourth-order valence-corrected chi connectivity index (χ4v) is 1.81. The van der Waals surface area contributed by atoms with Gasteiger partial charge in [0.25, 0.3) is 6.47 Å². The van der Waals surface area contributed by atoms with Gasteiger partial charge in [0, 0.05) is 6.07 Å². The van der Waals surface area contributed by atoms with Crippen LogP contribution in [0.5, 0.6) is 17.2 Å². The van der Waals surface area contributed by atoms with Gasteiger partial charge in [-0.3, -0.25) is 4.79 Å². The van der Waals surface area contributed by atoms with Crippen LogP contribution >= 0.6 is 0 Å². The minimum absolute atomic E-state index is 0.359. The third-order valence-electron chi connectivity index (χ3n) is 2.81. The maximum atomic E-state index is 10.4. The van der Waals surface area contributed by atoms with Crippen molar-refractivity contribution in [1.82, 2.24) is 0 Å². The molecule has 0 atom stereocenters. The molecule has 1 aromatic rings. The van der Waals surface area contributed by atoms with E-state index in [0.29, 0.717) is 76.6 Å². The molecular weight excluding hydrogens is 292 g/mol. The Balaban J connectivity index is 1.99. The molecule has 0 saturated carbocycles. The van der Waals surface area contributed by atoms with E-state index in [1.165, 1.54) is 0 Å². The molecule has 0 unspecified atom stereocenters. The molecular formula is C15H20O7. The van der Waals surface area contributed by atoms with E-state index in [1.807, 2.05) is 0 Å².